The first-order valence-corrected chi connectivity index (χ1v) is 6.78. The van der Waals surface area contributed by atoms with Crippen LogP contribution in [0.3, 0.4) is 0 Å². The van der Waals surface area contributed by atoms with Crippen LogP contribution in [0.4, 0.5) is 0 Å². The zero-order valence-corrected chi connectivity index (χ0v) is 9.24. The summed E-state index contributed by atoms with van der Waals surface area (Å²) in [5, 5.41) is 0. The van der Waals surface area contributed by atoms with E-state index < -0.39 is 0 Å². The van der Waals surface area contributed by atoms with E-state index >= 15 is 0 Å². The Bertz CT molecular complexity index is 139. The van der Waals surface area contributed by atoms with E-state index in [0.29, 0.717) is 0 Å². The molecule has 2 aliphatic carbocycles. The van der Waals surface area contributed by atoms with Gasteiger partial charge in [-0.3, -0.25) is 4.72 Å². The largest absolute Gasteiger partial charge is 0.264 e. The van der Waals surface area contributed by atoms with Gasteiger partial charge in [0.05, 0.1) is 0 Å². The van der Waals surface area contributed by atoms with Crippen LogP contribution in [0.25, 0.3) is 0 Å². The Balaban J connectivity index is 1.46. The van der Waals surface area contributed by atoms with Crippen molar-refractivity contribution in [3.05, 3.63) is 0 Å². The molecule has 2 rings (SSSR count). The molecule has 0 aromatic carbocycles. The lowest BCUT2D eigenvalue weighted by Crippen LogP contribution is -2.14. The van der Waals surface area contributed by atoms with Crippen LogP contribution in [0.5, 0.6) is 0 Å². The van der Waals surface area contributed by atoms with E-state index in [1.165, 1.54) is 57.2 Å². The molecule has 2 fully saturated rings. The van der Waals surface area contributed by atoms with Gasteiger partial charge in [0.1, 0.15) is 0 Å². The molecule has 1 N–H and O–H groups in total. The van der Waals surface area contributed by atoms with Crippen molar-refractivity contribution in [2.45, 2.75) is 44.9 Å². The first kappa shape index (κ1) is 9.85. The molecule has 13 heavy (non-hydrogen) atoms. The van der Waals surface area contributed by atoms with Gasteiger partial charge in [0.2, 0.25) is 0 Å². The van der Waals surface area contributed by atoms with Crippen molar-refractivity contribution in [2.75, 3.05) is 12.3 Å². The molecule has 0 aromatic rings. The summed E-state index contributed by atoms with van der Waals surface area (Å²) in [4.78, 5) is 0. The topological polar surface area (TPSA) is 12.0 Å². The van der Waals surface area contributed by atoms with Gasteiger partial charge in [0, 0.05) is 12.3 Å². The second kappa shape index (κ2) is 5.26. The van der Waals surface area contributed by atoms with Crippen LogP contribution in [-0.4, -0.2) is 12.3 Å². The third-order valence-corrected chi connectivity index (χ3v) is 4.22. The van der Waals surface area contributed by atoms with E-state index in [1.807, 2.05) is 11.9 Å². The van der Waals surface area contributed by atoms with Crippen molar-refractivity contribution in [1.29, 1.82) is 0 Å². The van der Waals surface area contributed by atoms with Gasteiger partial charge in [-0.1, -0.05) is 31.2 Å². The molecule has 0 aromatic heterocycles. The van der Waals surface area contributed by atoms with Gasteiger partial charge in [-0.05, 0) is 37.5 Å². The molecule has 0 bridgehead atoms. The van der Waals surface area contributed by atoms with Crippen molar-refractivity contribution < 1.29 is 0 Å². The van der Waals surface area contributed by atoms with Crippen molar-refractivity contribution >= 4 is 11.9 Å². The summed E-state index contributed by atoms with van der Waals surface area (Å²) >= 11 is 1.98. The van der Waals surface area contributed by atoms with Gasteiger partial charge < -0.3 is 0 Å². The molecule has 0 amide bonds. The minimum Gasteiger partial charge on any atom is -0.264 e. The fourth-order valence-electron chi connectivity index (χ4n) is 2.03. The van der Waals surface area contributed by atoms with Crippen LogP contribution >= 0.6 is 11.9 Å². The Hall–Kier alpha value is 0.310. The average Bonchev–Trinajstić information content (AvgIpc) is 2.98. The number of hydrogen-bond donors (Lipinski definition) is 1. The van der Waals surface area contributed by atoms with E-state index in [2.05, 4.69) is 4.72 Å². The van der Waals surface area contributed by atoms with E-state index in [9.17, 15) is 0 Å². The second-order valence-corrected chi connectivity index (χ2v) is 5.52. The summed E-state index contributed by atoms with van der Waals surface area (Å²) in [7, 11) is 0. The lowest BCUT2D eigenvalue weighted by molar-refractivity contribution is 0.390. The van der Waals surface area contributed by atoms with Gasteiger partial charge in [-0.25, -0.2) is 0 Å². The molecule has 1 nitrogen and oxygen atoms in total. The van der Waals surface area contributed by atoms with E-state index in [1.54, 1.807) is 0 Å². The standard InChI is InChI=1S/C11H21NS/c1-2-4-11(5-3-1)9-13-12-8-10-6-7-10/h10-12H,1-9H2. The molecule has 2 heteroatoms. The molecule has 0 spiro atoms. The van der Waals surface area contributed by atoms with Gasteiger partial charge in [-0.2, -0.15) is 0 Å². The molecular formula is C11H21NS. The maximum absolute atomic E-state index is 3.51. The minimum absolute atomic E-state index is 1.02. The SMILES string of the molecule is C1CCC(CSNCC2CC2)CC1. The smallest absolute Gasteiger partial charge is 0.0107 e. The zero-order valence-electron chi connectivity index (χ0n) is 8.43. The second-order valence-electron chi connectivity index (χ2n) is 4.61. The molecule has 76 valence electrons. The highest BCUT2D eigenvalue weighted by Gasteiger charge is 2.20. The summed E-state index contributed by atoms with van der Waals surface area (Å²) in [6, 6.07) is 0. The maximum Gasteiger partial charge on any atom is 0.0107 e. The highest BCUT2D eigenvalue weighted by atomic mass is 32.2. The monoisotopic (exact) mass is 199 g/mol. The van der Waals surface area contributed by atoms with Crippen molar-refractivity contribution in [2.24, 2.45) is 11.8 Å². The van der Waals surface area contributed by atoms with Crippen molar-refractivity contribution in [3.8, 4) is 0 Å². The Morgan fingerprint density at radius 3 is 2.38 bits per heavy atom. The first-order valence-electron chi connectivity index (χ1n) is 5.80. The van der Waals surface area contributed by atoms with Gasteiger partial charge >= 0.3 is 0 Å². The third kappa shape index (κ3) is 3.90. The zero-order chi connectivity index (χ0) is 8.93. The summed E-state index contributed by atoms with van der Waals surface area (Å²) in [6.45, 7) is 1.26. The Labute approximate surface area is 86.2 Å². The Morgan fingerprint density at radius 2 is 1.69 bits per heavy atom. The maximum atomic E-state index is 3.51. The van der Waals surface area contributed by atoms with E-state index in [-0.39, 0.29) is 0 Å². The third-order valence-electron chi connectivity index (χ3n) is 3.21. The number of nitrogens with one attached hydrogen (secondary N) is 1. The summed E-state index contributed by atoms with van der Waals surface area (Å²) in [6.07, 6.45) is 10.3. The summed E-state index contributed by atoms with van der Waals surface area (Å²) in [5.74, 6) is 3.40. The van der Waals surface area contributed by atoms with E-state index in [4.69, 9.17) is 0 Å². The molecule has 2 saturated carbocycles. The fourth-order valence-corrected chi connectivity index (χ4v) is 3.07. The lowest BCUT2D eigenvalue weighted by Gasteiger charge is -2.20. The van der Waals surface area contributed by atoms with Gasteiger partial charge in [0.15, 0.2) is 0 Å². The highest BCUT2D eigenvalue weighted by Crippen LogP contribution is 2.29. The molecule has 0 aliphatic heterocycles. The minimum atomic E-state index is 1.02. The van der Waals surface area contributed by atoms with Gasteiger partial charge in [-0.15, -0.1) is 0 Å². The predicted octanol–water partition coefficient (Wildman–Crippen LogP) is 3.21. The molecule has 2 aliphatic rings. The van der Waals surface area contributed by atoms with Crippen LogP contribution in [-0.2, 0) is 0 Å². The molecule has 0 heterocycles. The lowest BCUT2D eigenvalue weighted by atomic mass is 9.91. The van der Waals surface area contributed by atoms with Crippen LogP contribution in [0, 0.1) is 11.8 Å². The summed E-state index contributed by atoms with van der Waals surface area (Å²) < 4.78 is 3.51. The van der Waals surface area contributed by atoms with Gasteiger partial charge in [0.25, 0.3) is 0 Å². The Morgan fingerprint density at radius 1 is 0.923 bits per heavy atom. The molecule has 0 radical (unpaired) electrons. The number of hydrogen-bond acceptors (Lipinski definition) is 2. The fraction of sp³-hybridized carbons (Fsp3) is 1.00. The summed E-state index contributed by atoms with van der Waals surface area (Å²) in [5.41, 5.74) is 0. The predicted molar refractivity (Wildman–Crippen MR) is 59.8 cm³/mol. The van der Waals surface area contributed by atoms with Crippen LogP contribution < -0.4 is 4.72 Å². The molecule has 0 unspecified atom stereocenters. The van der Waals surface area contributed by atoms with Crippen LogP contribution in [0.2, 0.25) is 0 Å². The van der Waals surface area contributed by atoms with Crippen molar-refractivity contribution in [1.82, 2.24) is 4.72 Å². The van der Waals surface area contributed by atoms with Crippen LogP contribution in [0.1, 0.15) is 44.9 Å². The Kier molecular flexibility index (Phi) is 3.98. The first-order chi connectivity index (χ1) is 6.45. The molecular weight excluding hydrogens is 178 g/mol. The highest BCUT2D eigenvalue weighted by molar-refractivity contribution is 7.97. The van der Waals surface area contributed by atoms with E-state index in [0.717, 1.165) is 11.8 Å². The quantitative estimate of drug-likeness (QED) is 0.539. The number of rotatable bonds is 5. The van der Waals surface area contributed by atoms with Crippen LogP contribution in [0.15, 0.2) is 0 Å². The normalized spacial score (nSPS) is 24.9. The average molecular weight is 199 g/mol. The molecule has 0 atom stereocenters. The van der Waals surface area contributed by atoms with Crippen molar-refractivity contribution in [3.63, 3.8) is 0 Å². The molecule has 0 saturated heterocycles.